The van der Waals surface area contributed by atoms with Crippen LogP contribution in [0.3, 0.4) is 0 Å². The van der Waals surface area contributed by atoms with E-state index in [1.807, 2.05) is 6.92 Å². The van der Waals surface area contributed by atoms with E-state index in [0.29, 0.717) is 23.7 Å². The highest BCUT2D eigenvalue weighted by molar-refractivity contribution is 7.89. The molecule has 0 heterocycles. The number of halogens is 2. The molecule has 0 fully saturated rings. The zero-order valence-corrected chi connectivity index (χ0v) is 14.6. The lowest BCUT2D eigenvalue weighted by Gasteiger charge is -2.16. The van der Waals surface area contributed by atoms with Crippen LogP contribution < -0.4 is 10.0 Å². The van der Waals surface area contributed by atoms with E-state index in [4.69, 9.17) is 27.9 Å². The van der Waals surface area contributed by atoms with Crippen molar-refractivity contribution in [1.29, 1.82) is 0 Å². The number of ether oxygens (including phenoxy) is 1. The van der Waals surface area contributed by atoms with Gasteiger partial charge in [-0.2, -0.15) is 0 Å². The molecule has 1 rings (SSSR count). The average molecular weight is 355 g/mol. The molecular formula is C13H20Cl2N2O3S. The zero-order chi connectivity index (χ0) is 16.0. The van der Waals surface area contributed by atoms with E-state index >= 15 is 0 Å². The molecule has 0 aromatic heterocycles. The molecule has 0 aliphatic rings. The second-order valence-electron chi connectivity index (χ2n) is 4.59. The smallest absolute Gasteiger partial charge is 0.242 e. The number of benzene rings is 1. The van der Waals surface area contributed by atoms with E-state index in [2.05, 4.69) is 10.0 Å². The van der Waals surface area contributed by atoms with Crippen LogP contribution in [0.5, 0.6) is 0 Å². The minimum absolute atomic E-state index is 0.0229. The molecule has 0 bridgehead atoms. The summed E-state index contributed by atoms with van der Waals surface area (Å²) in [6, 6.07) is 2.62. The predicted octanol–water partition coefficient (Wildman–Crippen LogP) is 2.42. The quantitative estimate of drug-likeness (QED) is 0.752. The molecule has 0 saturated heterocycles. The van der Waals surface area contributed by atoms with Crippen molar-refractivity contribution in [2.45, 2.75) is 31.3 Å². The largest absolute Gasteiger partial charge is 0.380 e. The maximum Gasteiger partial charge on any atom is 0.242 e. The fraction of sp³-hybridized carbons (Fsp3) is 0.538. The van der Waals surface area contributed by atoms with Gasteiger partial charge in [0.15, 0.2) is 0 Å². The van der Waals surface area contributed by atoms with Gasteiger partial charge in [0.2, 0.25) is 10.0 Å². The first-order valence-corrected chi connectivity index (χ1v) is 8.78. The zero-order valence-electron chi connectivity index (χ0n) is 12.2. The fourth-order valence-electron chi connectivity index (χ4n) is 1.79. The Kier molecular flexibility index (Phi) is 7.39. The van der Waals surface area contributed by atoms with Crippen molar-refractivity contribution >= 4 is 33.2 Å². The van der Waals surface area contributed by atoms with Crippen molar-refractivity contribution < 1.29 is 13.2 Å². The molecule has 2 N–H and O–H groups in total. The Bertz CT molecular complexity index is 579. The maximum atomic E-state index is 12.4. The SMILES string of the molecule is CCOCC(C)NS(=O)(=O)c1cc(Cl)cc(CNC)c1Cl. The van der Waals surface area contributed by atoms with Gasteiger partial charge in [-0.3, -0.25) is 0 Å². The molecule has 1 unspecified atom stereocenters. The lowest BCUT2D eigenvalue weighted by molar-refractivity contribution is 0.133. The third-order valence-electron chi connectivity index (χ3n) is 2.66. The van der Waals surface area contributed by atoms with Crippen LogP contribution in [0.25, 0.3) is 0 Å². The van der Waals surface area contributed by atoms with Crippen molar-refractivity contribution in [3.8, 4) is 0 Å². The Balaban J connectivity index is 3.07. The molecule has 0 amide bonds. The monoisotopic (exact) mass is 354 g/mol. The number of hydrogen-bond acceptors (Lipinski definition) is 4. The summed E-state index contributed by atoms with van der Waals surface area (Å²) in [5, 5.41) is 3.41. The predicted molar refractivity (Wildman–Crippen MR) is 85.5 cm³/mol. The summed E-state index contributed by atoms with van der Waals surface area (Å²) in [7, 11) is -2.01. The first-order valence-electron chi connectivity index (χ1n) is 6.54. The van der Waals surface area contributed by atoms with Crippen LogP contribution in [-0.4, -0.2) is 34.7 Å². The Labute approximate surface area is 136 Å². The molecular weight excluding hydrogens is 335 g/mol. The highest BCUT2D eigenvalue weighted by Crippen LogP contribution is 2.29. The standard InChI is InChI=1S/C13H20Cl2N2O3S/c1-4-20-8-9(2)17-21(18,19)12-6-11(14)5-10(7-16-3)13(12)15/h5-6,9,16-17H,4,7-8H2,1-3H3. The van der Waals surface area contributed by atoms with Crippen LogP contribution in [0.15, 0.2) is 17.0 Å². The number of sulfonamides is 1. The molecule has 21 heavy (non-hydrogen) atoms. The maximum absolute atomic E-state index is 12.4. The highest BCUT2D eigenvalue weighted by Gasteiger charge is 2.23. The van der Waals surface area contributed by atoms with Gasteiger partial charge in [-0.05, 0) is 38.6 Å². The van der Waals surface area contributed by atoms with Crippen LogP contribution in [-0.2, 0) is 21.3 Å². The van der Waals surface area contributed by atoms with E-state index in [-0.39, 0.29) is 22.6 Å². The van der Waals surface area contributed by atoms with Gasteiger partial charge in [0.05, 0.1) is 11.6 Å². The normalized spacial score (nSPS) is 13.4. The first kappa shape index (κ1) is 18.7. The summed E-state index contributed by atoms with van der Waals surface area (Å²) in [6.07, 6.45) is 0. The number of hydrogen-bond donors (Lipinski definition) is 2. The van der Waals surface area contributed by atoms with E-state index in [1.165, 1.54) is 6.07 Å². The Morgan fingerprint density at radius 3 is 2.57 bits per heavy atom. The van der Waals surface area contributed by atoms with E-state index in [1.54, 1.807) is 20.0 Å². The van der Waals surface area contributed by atoms with Crippen molar-refractivity contribution in [3.63, 3.8) is 0 Å². The average Bonchev–Trinajstić information content (AvgIpc) is 2.39. The molecule has 5 nitrogen and oxygen atoms in total. The summed E-state index contributed by atoms with van der Waals surface area (Å²) in [5.74, 6) is 0. The van der Waals surface area contributed by atoms with Crippen LogP contribution >= 0.6 is 23.2 Å². The van der Waals surface area contributed by atoms with Gasteiger partial charge in [0.1, 0.15) is 4.90 Å². The summed E-state index contributed by atoms with van der Waals surface area (Å²) in [5.41, 5.74) is 0.629. The van der Waals surface area contributed by atoms with Gasteiger partial charge in [-0.25, -0.2) is 13.1 Å². The minimum Gasteiger partial charge on any atom is -0.380 e. The molecule has 0 spiro atoms. The molecule has 0 radical (unpaired) electrons. The van der Waals surface area contributed by atoms with Crippen molar-refractivity contribution in [2.75, 3.05) is 20.3 Å². The third-order valence-corrected chi connectivity index (χ3v) is 5.05. The van der Waals surface area contributed by atoms with E-state index < -0.39 is 10.0 Å². The summed E-state index contributed by atoms with van der Waals surface area (Å²) >= 11 is 12.2. The fourth-order valence-corrected chi connectivity index (χ4v) is 3.95. The van der Waals surface area contributed by atoms with Crippen LogP contribution in [0.2, 0.25) is 10.0 Å². The number of rotatable bonds is 8. The van der Waals surface area contributed by atoms with Gasteiger partial charge < -0.3 is 10.1 Å². The first-order chi connectivity index (χ1) is 9.81. The Morgan fingerprint density at radius 2 is 2.00 bits per heavy atom. The summed E-state index contributed by atoms with van der Waals surface area (Å²) in [6.45, 7) is 4.81. The Morgan fingerprint density at radius 1 is 1.33 bits per heavy atom. The lowest BCUT2D eigenvalue weighted by Crippen LogP contribution is -2.36. The van der Waals surface area contributed by atoms with Crippen molar-refractivity contribution in [3.05, 3.63) is 27.7 Å². The molecule has 0 aliphatic carbocycles. The van der Waals surface area contributed by atoms with E-state index in [0.717, 1.165) is 0 Å². The molecule has 1 aromatic carbocycles. The third kappa shape index (κ3) is 5.39. The molecule has 8 heteroatoms. The molecule has 0 aliphatic heterocycles. The second-order valence-corrected chi connectivity index (χ2v) is 7.09. The molecule has 0 saturated carbocycles. The van der Waals surface area contributed by atoms with E-state index in [9.17, 15) is 8.42 Å². The van der Waals surface area contributed by atoms with Crippen LogP contribution in [0.1, 0.15) is 19.4 Å². The van der Waals surface area contributed by atoms with Crippen molar-refractivity contribution in [1.82, 2.24) is 10.0 Å². The molecule has 1 aromatic rings. The summed E-state index contributed by atoms with van der Waals surface area (Å²) in [4.78, 5) is -0.0229. The molecule has 120 valence electrons. The second kappa shape index (κ2) is 8.31. The van der Waals surface area contributed by atoms with Crippen molar-refractivity contribution in [2.24, 2.45) is 0 Å². The molecule has 1 atom stereocenters. The van der Waals surface area contributed by atoms with Gasteiger partial charge in [-0.15, -0.1) is 0 Å². The van der Waals surface area contributed by atoms with Crippen LogP contribution in [0, 0.1) is 0 Å². The Hall–Kier alpha value is -0.370. The highest BCUT2D eigenvalue weighted by atomic mass is 35.5. The van der Waals surface area contributed by atoms with Gasteiger partial charge >= 0.3 is 0 Å². The van der Waals surface area contributed by atoms with Gasteiger partial charge in [0, 0.05) is 24.2 Å². The summed E-state index contributed by atoms with van der Waals surface area (Å²) < 4.78 is 32.5. The van der Waals surface area contributed by atoms with Gasteiger partial charge in [-0.1, -0.05) is 23.2 Å². The number of nitrogens with one attached hydrogen (secondary N) is 2. The topological polar surface area (TPSA) is 67.4 Å². The lowest BCUT2D eigenvalue weighted by atomic mass is 10.2. The minimum atomic E-state index is -3.76. The van der Waals surface area contributed by atoms with Gasteiger partial charge in [0.25, 0.3) is 0 Å². The van der Waals surface area contributed by atoms with Crippen LogP contribution in [0.4, 0.5) is 0 Å².